The van der Waals surface area contributed by atoms with E-state index in [4.69, 9.17) is 0 Å². The molecule has 1 aromatic heterocycles. The number of rotatable bonds is 6. The average Bonchev–Trinajstić information content (AvgIpc) is 2.87. The normalized spacial score (nSPS) is 12.6. The molecule has 1 unspecified atom stereocenters. The molecule has 5 heteroatoms. The van der Waals surface area contributed by atoms with Crippen LogP contribution in [-0.2, 0) is 6.42 Å². The standard InChI is InChI=1S/C14H17BrFN3/c1-2-3-17-13(14-18-4-5-19-14)8-10-6-11(15)9-12(16)7-10/h4-7,9,13,17H,2-3,8H2,1H3,(H,18,19). The molecule has 0 aliphatic heterocycles. The summed E-state index contributed by atoms with van der Waals surface area (Å²) in [5.74, 6) is 0.659. The average molecular weight is 326 g/mol. The fourth-order valence-electron chi connectivity index (χ4n) is 2.02. The van der Waals surface area contributed by atoms with E-state index in [2.05, 4.69) is 38.1 Å². The van der Waals surface area contributed by atoms with Gasteiger partial charge in [-0.25, -0.2) is 9.37 Å². The number of imidazole rings is 1. The Morgan fingerprint density at radius 1 is 1.42 bits per heavy atom. The summed E-state index contributed by atoms with van der Waals surface area (Å²) in [7, 11) is 0. The minimum Gasteiger partial charge on any atom is -0.347 e. The van der Waals surface area contributed by atoms with Crippen molar-refractivity contribution in [1.82, 2.24) is 15.3 Å². The van der Waals surface area contributed by atoms with Crippen LogP contribution in [0.4, 0.5) is 4.39 Å². The Kier molecular flexibility index (Phi) is 5.10. The first-order chi connectivity index (χ1) is 9.19. The third-order valence-electron chi connectivity index (χ3n) is 2.85. The van der Waals surface area contributed by atoms with Crippen molar-refractivity contribution in [2.45, 2.75) is 25.8 Å². The molecule has 19 heavy (non-hydrogen) atoms. The van der Waals surface area contributed by atoms with Gasteiger partial charge in [-0.05, 0) is 43.1 Å². The molecule has 1 atom stereocenters. The van der Waals surface area contributed by atoms with Crippen molar-refractivity contribution < 1.29 is 4.39 Å². The maximum atomic E-state index is 13.4. The molecule has 0 radical (unpaired) electrons. The summed E-state index contributed by atoms with van der Waals surface area (Å²) < 4.78 is 14.2. The number of hydrogen-bond donors (Lipinski definition) is 2. The quantitative estimate of drug-likeness (QED) is 0.852. The molecule has 2 aromatic rings. The second kappa shape index (κ2) is 6.82. The summed E-state index contributed by atoms with van der Waals surface area (Å²) in [6.45, 7) is 3.02. The SMILES string of the molecule is CCCNC(Cc1cc(F)cc(Br)c1)c1ncc[nH]1. The number of H-pyrrole nitrogens is 1. The monoisotopic (exact) mass is 325 g/mol. The smallest absolute Gasteiger partial charge is 0.124 e. The molecular weight excluding hydrogens is 309 g/mol. The first-order valence-electron chi connectivity index (χ1n) is 6.36. The van der Waals surface area contributed by atoms with Gasteiger partial charge in [-0.2, -0.15) is 0 Å². The van der Waals surface area contributed by atoms with Gasteiger partial charge in [0.1, 0.15) is 11.6 Å². The zero-order valence-electron chi connectivity index (χ0n) is 10.8. The lowest BCUT2D eigenvalue weighted by atomic mass is 10.1. The molecule has 0 saturated heterocycles. The molecule has 0 saturated carbocycles. The third kappa shape index (κ3) is 4.14. The van der Waals surface area contributed by atoms with Crippen molar-refractivity contribution >= 4 is 15.9 Å². The molecular formula is C14H17BrFN3. The lowest BCUT2D eigenvalue weighted by Gasteiger charge is -2.16. The van der Waals surface area contributed by atoms with Crippen LogP contribution in [0.2, 0.25) is 0 Å². The summed E-state index contributed by atoms with van der Waals surface area (Å²) in [6, 6.07) is 5.04. The Balaban J connectivity index is 2.15. The number of hydrogen-bond acceptors (Lipinski definition) is 2. The van der Waals surface area contributed by atoms with Crippen LogP contribution in [0.1, 0.15) is 30.8 Å². The van der Waals surface area contributed by atoms with Crippen molar-refractivity contribution in [3.63, 3.8) is 0 Å². The first-order valence-corrected chi connectivity index (χ1v) is 7.16. The van der Waals surface area contributed by atoms with E-state index in [9.17, 15) is 4.39 Å². The highest BCUT2D eigenvalue weighted by Crippen LogP contribution is 2.20. The zero-order chi connectivity index (χ0) is 13.7. The number of halogens is 2. The summed E-state index contributed by atoms with van der Waals surface area (Å²) in [4.78, 5) is 7.40. The Hall–Kier alpha value is -1.20. The molecule has 0 aliphatic rings. The van der Waals surface area contributed by atoms with Gasteiger partial charge in [-0.3, -0.25) is 0 Å². The highest BCUT2D eigenvalue weighted by molar-refractivity contribution is 9.10. The molecule has 0 spiro atoms. The van der Waals surface area contributed by atoms with E-state index in [0.717, 1.165) is 28.8 Å². The number of benzene rings is 1. The van der Waals surface area contributed by atoms with Gasteiger partial charge in [0, 0.05) is 16.9 Å². The summed E-state index contributed by atoms with van der Waals surface area (Å²) >= 11 is 3.32. The molecule has 0 aliphatic carbocycles. The lowest BCUT2D eigenvalue weighted by Crippen LogP contribution is -2.25. The first kappa shape index (κ1) is 14.2. The fourth-order valence-corrected chi connectivity index (χ4v) is 2.53. The van der Waals surface area contributed by atoms with Crippen LogP contribution < -0.4 is 5.32 Å². The number of nitrogens with one attached hydrogen (secondary N) is 2. The van der Waals surface area contributed by atoms with Gasteiger partial charge in [0.25, 0.3) is 0 Å². The maximum Gasteiger partial charge on any atom is 0.124 e. The van der Waals surface area contributed by atoms with E-state index >= 15 is 0 Å². The van der Waals surface area contributed by atoms with Crippen LogP contribution in [0, 0.1) is 5.82 Å². The molecule has 1 heterocycles. The van der Waals surface area contributed by atoms with Crippen LogP contribution in [0.25, 0.3) is 0 Å². The van der Waals surface area contributed by atoms with Crippen molar-refractivity contribution in [3.8, 4) is 0 Å². The lowest BCUT2D eigenvalue weighted by molar-refractivity contribution is 0.506. The van der Waals surface area contributed by atoms with E-state index in [1.807, 2.05) is 6.07 Å². The van der Waals surface area contributed by atoms with Crippen molar-refractivity contribution in [3.05, 3.63) is 52.3 Å². The largest absolute Gasteiger partial charge is 0.347 e. The maximum absolute atomic E-state index is 13.4. The molecule has 0 amide bonds. The molecule has 0 fully saturated rings. The van der Waals surface area contributed by atoms with Crippen molar-refractivity contribution in [1.29, 1.82) is 0 Å². The Labute approximate surface area is 120 Å². The number of nitrogens with zero attached hydrogens (tertiary/aromatic N) is 1. The van der Waals surface area contributed by atoms with Gasteiger partial charge in [0.2, 0.25) is 0 Å². The summed E-state index contributed by atoms with van der Waals surface area (Å²) in [5, 5.41) is 3.43. The number of aromatic amines is 1. The van der Waals surface area contributed by atoms with Gasteiger partial charge >= 0.3 is 0 Å². The Bertz CT molecular complexity index is 493. The molecule has 1 aromatic carbocycles. The second-order valence-corrected chi connectivity index (χ2v) is 5.38. The van der Waals surface area contributed by atoms with Crippen LogP contribution in [-0.4, -0.2) is 16.5 Å². The topological polar surface area (TPSA) is 40.7 Å². The van der Waals surface area contributed by atoms with Crippen LogP contribution in [0.5, 0.6) is 0 Å². The van der Waals surface area contributed by atoms with E-state index in [-0.39, 0.29) is 11.9 Å². The summed E-state index contributed by atoms with van der Waals surface area (Å²) in [6.07, 6.45) is 5.28. The van der Waals surface area contributed by atoms with Gasteiger partial charge in [0.15, 0.2) is 0 Å². The highest BCUT2D eigenvalue weighted by Gasteiger charge is 2.14. The van der Waals surface area contributed by atoms with E-state index in [1.54, 1.807) is 18.5 Å². The third-order valence-corrected chi connectivity index (χ3v) is 3.31. The van der Waals surface area contributed by atoms with Gasteiger partial charge < -0.3 is 10.3 Å². The van der Waals surface area contributed by atoms with Gasteiger partial charge in [-0.15, -0.1) is 0 Å². The van der Waals surface area contributed by atoms with Gasteiger partial charge in [0.05, 0.1) is 6.04 Å². The van der Waals surface area contributed by atoms with Crippen molar-refractivity contribution in [2.75, 3.05) is 6.54 Å². The predicted octanol–water partition coefficient (Wildman–Crippen LogP) is 3.59. The summed E-state index contributed by atoms with van der Waals surface area (Å²) in [5.41, 5.74) is 0.942. The molecule has 2 N–H and O–H groups in total. The Morgan fingerprint density at radius 3 is 2.89 bits per heavy atom. The highest BCUT2D eigenvalue weighted by atomic mass is 79.9. The van der Waals surface area contributed by atoms with Crippen LogP contribution in [0.3, 0.4) is 0 Å². The predicted molar refractivity (Wildman–Crippen MR) is 77.4 cm³/mol. The second-order valence-electron chi connectivity index (χ2n) is 4.46. The van der Waals surface area contributed by atoms with E-state index in [1.165, 1.54) is 6.07 Å². The minimum absolute atomic E-state index is 0.0728. The molecule has 102 valence electrons. The van der Waals surface area contributed by atoms with E-state index in [0.29, 0.717) is 6.42 Å². The minimum atomic E-state index is -0.224. The van der Waals surface area contributed by atoms with Gasteiger partial charge in [-0.1, -0.05) is 22.9 Å². The zero-order valence-corrected chi connectivity index (χ0v) is 12.4. The molecule has 0 bridgehead atoms. The van der Waals surface area contributed by atoms with Crippen molar-refractivity contribution in [2.24, 2.45) is 0 Å². The van der Waals surface area contributed by atoms with Crippen LogP contribution >= 0.6 is 15.9 Å². The molecule has 3 nitrogen and oxygen atoms in total. The fraction of sp³-hybridized carbons (Fsp3) is 0.357. The van der Waals surface area contributed by atoms with Crippen LogP contribution in [0.15, 0.2) is 35.1 Å². The van der Waals surface area contributed by atoms with E-state index < -0.39 is 0 Å². The Morgan fingerprint density at radius 2 is 2.26 bits per heavy atom. The number of aromatic nitrogens is 2. The molecule has 2 rings (SSSR count).